The van der Waals surface area contributed by atoms with Crippen LogP contribution in [0, 0.1) is 0 Å². The molecule has 0 fully saturated rings. The Bertz CT molecular complexity index is 529. The Morgan fingerprint density at radius 1 is 1.10 bits per heavy atom. The monoisotopic (exact) mass is 273 g/mol. The van der Waals surface area contributed by atoms with Gasteiger partial charge in [-0.15, -0.1) is 0 Å². The molecule has 0 spiro atoms. The van der Waals surface area contributed by atoms with Gasteiger partial charge in [-0.1, -0.05) is 12.1 Å². The maximum atomic E-state index is 5.32. The molecule has 0 radical (unpaired) electrons. The summed E-state index contributed by atoms with van der Waals surface area (Å²) in [7, 11) is 3.33. The lowest BCUT2D eigenvalue weighted by atomic mass is 10.2. The molecule has 20 heavy (non-hydrogen) atoms. The summed E-state index contributed by atoms with van der Waals surface area (Å²) in [4.78, 5) is 8.79. The van der Waals surface area contributed by atoms with E-state index >= 15 is 0 Å². The zero-order valence-electron chi connectivity index (χ0n) is 11.8. The van der Waals surface area contributed by atoms with Gasteiger partial charge in [0.2, 0.25) is 0 Å². The molecule has 0 saturated heterocycles. The van der Waals surface area contributed by atoms with Crippen LogP contribution in [0.2, 0.25) is 0 Å². The second-order valence-corrected chi connectivity index (χ2v) is 4.28. The van der Waals surface area contributed by atoms with E-state index in [-0.39, 0.29) is 0 Å². The molecule has 0 aliphatic carbocycles. The van der Waals surface area contributed by atoms with E-state index in [9.17, 15) is 0 Å². The van der Waals surface area contributed by atoms with Crippen LogP contribution in [-0.2, 0) is 11.3 Å². The van der Waals surface area contributed by atoms with Gasteiger partial charge < -0.3 is 14.8 Å². The molecule has 1 heterocycles. The third-order valence-corrected chi connectivity index (χ3v) is 2.87. The van der Waals surface area contributed by atoms with Gasteiger partial charge in [0.15, 0.2) is 5.82 Å². The minimum absolute atomic E-state index is 0.670. The van der Waals surface area contributed by atoms with E-state index in [1.165, 1.54) is 0 Å². The number of nitrogens with zero attached hydrogens (tertiary/aromatic N) is 2. The van der Waals surface area contributed by atoms with Crippen LogP contribution in [0.15, 0.2) is 36.7 Å². The smallest absolute Gasteiger partial charge is 0.162 e. The number of aromatic nitrogens is 2. The maximum Gasteiger partial charge on any atom is 0.162 e. The number of hydrogen-bond donors (Lipinski definition) is 1. The number of nitrogens with one attached hydrogen (secondary N) is 1. The number of para-hydroxylation sites is 1. The molecule has 1 N–H and O–H groups in total. The van der Waals surface area contributed by atoms with Crippen molar-refractivity contribution < 1.29 is 9.47 Å². The predicted octanol–water partition coefficient (Wildman–Crippen LogP) is 1.89. The van der Waals surface area contributed by atoms with Crippen molar-refractivity contribution in [2.45, 2.75) is 6.54 Å². The Morgan fingerprint density at radius 3 is 2.55 bits per heavy atom. The van der Waals surface area contributed by atoms with Crippen LogP contribution < -0.4 is 10.1 Å². The fourth-order valence-electron chi connectivity index (χ4n) is 1.82. The SMILES string of the molecule is COCCNCc1cnc(-c2ccccc2OC)nc1. The quantitative estimate of drug-likeness (QED) is 0.781. The molecule has 0 unspecified atom stereocenters. The van der Waals surface area contributed by atoms with Gasteiger partial charge in [0, 0.05) is 38.2 Å². The van der Waals surface area contributed by atoms with Crippen LogP contribution >= 0.6 is 0 Å². The Kier molecular flexibility index (Phi) is 5.46. The molecule has 0 saturated carbocycles. The van der Waals surface area contributed by atoms with Gasteiger partial charge in [-0.3, -0.25) is 0 Å². The lowest BCUT2D eigenvalue weighted by Gasteiger charge is -2.08. The third kappa shape index (κ3) is 3.76. The summed E-state index contributed by atoms with van der Waals surface area (Å²) in [5, 5.41) is 3.25. The molecule has 0 aliphatic rings. The molecule has 0 atom stereocenters. The van der Waals surface area contributed by atoms with Crippen LogP contribution in [0.4, 0.5) is 0 Å². The topological polar surface area (TPSA) is 56.3 Å². The van der Waals surface area contributed by atoms with Gasteiger partial charge >= 0.3 is 0 Å². The minimum atomic E-state index is 0.670. The van der Waals surface area contributed by atoms with Gasteiger partial charge in [-0.2, -0.15) is 0 Å². The second kappa shape index (κ2) is 7.57. The average Bonchev–Trinajstić information content (AvgIpc) is 2.52. The van der Waals surface area contributed by atoms with E-state index in [1.54, 1.807) is 14.2 Å². The summed E-state index contributed by atoms with van der Waals surface area (Å²) in [6.07, 6.45) is 3.66. The van der Waals surface area contributed by atoms with Gasteiger partial charge in [-0.05, 0) is 12.1 Å². The average molecular weight is 273 g/mol. The molecule has 1 aromatic heterocycles. The number of methoxy groups -OCH3 is 2. The lowest BCUT2D eigenvalue weighted by molar-refractivity contribution is 0.199. The molecule has 0 amide bonds. The summed E-state index contributed by atoms with van der Waals surface area (Å²) >= 11 is 0. The van der Waals surface area contributed by atoms with Crippen molar-refractivity contribution in [1.82, 2.24) is 15.3 Å². The van der Waals surface area contributed by atoms with Crippen molar-refractivity contribution in [2.75, 3.05) is 27.4 Å². The maximum absolute atomic E-state index is 5.32. The van der Waals surface area contributed by atoms with Crippen LogP contribution in [0.5, 0.6) is 5.75 Å². The van der Waals surface area contributed by atoms with Crippen LogP contribution in [0.1, 0.15) is 5.56 Å². The zero-order valence-corrected chi connectivity index (χ0v) is 11.8. The first kappa shape index (κ1) is 14.4. The summed E-state index contributed by atoms with van der Waals surface area (Å²) in [6, 6.07) is 7.72. The van der Waals surface area contributed by atoms with Gasteiger partial charge in [0.25, 0.3) is 0 Å². The van der Waals surface area contributed by atoms with Gasteiger partial charge in [0.1, 0.15) is 5.75 Å². The summed E-state index contributed by atoms with van der Waals surface area (Å²) < 4.78 is 10.3. The molecule has 1 aromatic carbocycles. The van der Waals surface area contributed by atoms with E-state index in [4.69, 9.17) is 9.47 Å². The van der Waals surface area contributed by atoms with Crippen molar-refractivity contribution in [3.8, 4) is 17.1 Å². The number of ether oxygens (including phenoxy) is 2. The second-order valence-electron chi connectivity index (χ2n) is 4.28. The highest BCUT2D eigenvalue weighted by molar-refractivity contribution is 5.63. The fourth-order valence-corrected chi connectivity index (χ4v) is 1.82. The highest BCUT2D eigenvalue weighted by Gasteiger charge is 2.07. The molecule has 0 bridgehead atoms. The number of benzene rings is 1. The predicted molar refractivity (Wildman–Crippen MR) is 77.6 cm³/mol. The van der Waals surface area contributed by atoms with Crippen molar-refractivity contribution >= 4 is 0 Å². The summed E-state index contributed by atoms with van der Waals surface area (Å²) in [6.45, 7) is 2.24. The van der Waals surface area contributed by atoms with E-state index in [0.717, 1.165) is 30.0 Å². The van der Waals surface area contributed by atoms with Crippen molar-refractivity contribution in [3.63, 3.8) is 0 Å². The first-order chi connectivity index (χ1) is 9.85. The Hall–Kier alpha value is -1.98. The molecule has 5 nitrogen and oxygen atoms in total. The summed E-state index contributed by atoms with van der Waals surface area (Å²) in [5.41, 5.74) is 1.94. The van der Waals surface area contributed by atoms with Crippen LogP contribution in [-0.4, -0.2) is 37.3 Å². The van der Waals surface area contributed by atoms with Gasteiger partial charge in [0.05, 0.1) is 19.3 Å². The molecule has 106 valence electrons. The van der Waals surface area contributed by atoms with E-state index in [2.05, 4.69) is 15.3 Å². The van der Waals surface area contributed by atoms with E-state index < -0.39 is 0 Å². The highest BCUT2D eigenvalue weighted by Crippen LogP contribution is 2.26. The Labute approximate surface area is 119 Å². The molecule has 5 heteroatoms. The van der Waals surface area contributed by atoms with Crippen LogP contribution in [0.25, 0.3) is 11.4 Å². The number of rotatable bonds is 7. The van der Waals surface area contributed by atoms with Crippen molar-refractivity contribution in [1.29, 1.82) is 0 Å². The standard InChI is InChI=1S/C15H19N3O2/c1-19-8-7-16-9-12-10-17-15(18-11-12)13-5-3-4-6-14(13)20-2/h3-6,10-11,16H,7-9H2,1-2H3. The van der Waals surface area contributed by atoms with Crippen LogP contribution in [0.3, 0.4) is 0 Å². The molecular formula is C15H19N3O2. The molecule has 2 rings (SSSR count). The Balaban J connectivity index is 2.04. The molecule has 0 aliphatic heterocycles. The summed E-state index contributed by atoms with van der Waals surface area (Å²) in [5.74, 6) is 1.45. The van der Waals surface area contributed by atoms with Crippen molar-refractivity contribution in [2.24, 2.45) is 0 Å². The first-order valence-corrected chi connectivity index (χ1v) is 6.49. The van der Waals surface area contributed by atoms with Gasteiger partial charge in [-0.25, -0.2) is 9.97 Å². The van der Waals surface area contributed by atoms with E-state index in [1.807, 2.05) is 36.7 Å². The minimum Gasteiger partial charge on any atom is -0.496 e. The fraction of sp³-hybridized carbons (Fsp3) is 0.333. The zero-order chi connectivity index (χ0) is 14.2. The Morgan fingerprint density at radius 2 is 1.85 bits per heavy atom. The number of hydrogen-bond acceptors (Lipinski definition) is 5. The molecular weight excluding hydrogens is 254 g/mol. The van der Waals surface area contributed by atoms with Crippen molar-refractivity contribution in [3.05, 3.63) is 42.2 Å². The largest absolute Gasteiger partial charge is 0.496 e. The lowest BCUT2D eigenvalue weighted by Crippen LogP contribution is -2.18. The van der Waals surface area contributed by atoms with E-state index in [0.29, 0.717) is 12.4 Å². The third-order valence-electron chi connectivity index (χ3n) is 2.87. The highest BCUT2D eigenvalue weighted by atomic mass is 16.5. The molecule has 2 aromatic rings. The first-order valence-electron chi connectivity index (χ1n) is 6.49. The normalized spacial score (nSPS) is 10.5.